The molecule has 0 radical (unpaired) electrons. The minimum absolute atomic E-state index is 0.0342. The number of methoxy groups -OCH3 is 1. The molecule has 0 amide bonds. The molecule has 1 aliphatic rings. The smallest absolute Gasteiger partial charge is 0.171 e. The fraction of sp³-hybridized carbons (Fsp3) is 0.500. The SMILES string of the molecule is COc1ccc(F)cc1C(=O)[C@H]1CCCN(Cc2nc(C(C)C)cs2)C1. The first-order chi connectivity index (χ1) is 12.5. The highest BCUT2D eigenvalue weighted by atomic mass is 32.1. The van der Waals surface area contributed by atoms with Crippen molar-refractivity contribution in [3.8, 4) is 5.75 Å². The van der Waals surface area contributed by atoms with E-state index < -0.39 is 5.82 Å². The lowest BCUT2D eigenvalue weighted by atomic mass is 9.89. The number of hydrogen-bond acceptors (Lipinski definition) is 5. The zero-order valence-electron chi connectivity index (χ0n) is 15.5. The van der Waals surface area contributed by atoms with E-state index in [4.69, 9.17) is 9.72 Å². The molecule has 2 heterocycles. The van der Waals surface area contributed by atoms with Gasteiger partial charge < -0.3 is 4.74 Å². The van der Waals surface area contributed by atoms with Crippen LogP contribution < -0.4 is 4.74 Å². The zero-order chi connectivity index (χ0) is 18.7. The van der Waals surface area contributed by atoms with Gasteiger partial charge in [-0.25, -0.2) is 9.37 Å². The second kappa shape index (κ2) is 8.27. The summed E-state index contributed by atoms with van der Waals surface area (Å²) in [6.45, 7) is 6.68. The van der Waals surface area contributed by atoms with Crippen molar-refractivity contribution in [3.63, 3.8) is 0 Å². The second-order valence-corrected chi connectivity index (χ2v) is 8.05. The lowest BCUT2D eigenvalue weighted by Gasteiger charge is -2.31. The fourth-order valence-electron chi connectivity index (χ4n) is 3.36. The number of thiazole rings is 1. The van der Waals surface area contributed by atoms with Crippen molar-refractivity contribution < 1.29 is 13.9 Å². The van der Waals surface area contributed by atoms with Gasteiger partial charge in [-0.3, -0.25) is 9.69 Å². The summed E-state index contributed by atoms with van der Waals surface area (Å²) in [5.74, 6) is 0.286. The molecule has 1 atom stereocenters. The highest BCUT2D eigenvalue weighted by Gasteiger charge is 2.29. The van der Waals surface area contributed by atoms with Crippen molar-refractivity contribution in [2.24, 2.45) is 5.92 Å². The third-order valence-electron chi connectivity index (χ3n) is 4.82. The zero-order valence-corrected chi connectivity index (χ0v) is 16.3. The van der Waals surface area contributed by atoms with Gasteiger partial charge in [0.05, 0.1) is 24.9 Å². The van der Waals surface area contributed by atoms with Gasteiger partial charge in [0.1, 0.15) is 16.6 Å². The molecule has 0 unspecified atom stereocenters. The van der Waals surface area contributed by atoms with Crippen LogP contribution in [0.15, 0.2) is 23.6 Å². The van der Waals surface area contributed by atoms with Crippen molar-refractivity contribution in [1.29, 1.82) is 0 Å². The van der Waals surface area contributed by atoms with E-state index in [-0.39, 0.29) is 11.7 Å². The number of Topliss-reactive ketones (excluding diaryl/α,β-unsaturated/α-hetero) is 1. The molecule has 1 fully saturated rings. The molecular weight excluding hydrogens is 351 g/mol. The average Bonchev–Trinajstić information content (AvgIpc) is 3.10. The van der Waals surface area contributed by atoms with Crippen LogP contribution >= 0.6 is 11.3 Å². The van der Waals surface area contributed by atoms with Gasteiger partial charge in [-0.1, -0.05) is 13.8 Å². The van der Waals surface area contributed by atoms with E-state index >= 15 is 0 Å². The van der Waals surface area contributed by atoms with Crippen LogP contribution in [-0.4, -0.2) is 35.9 Å². The van der Waals surface area contributed by atoms with Crippen molar-refractivity contribution in [3.05, 3.63) is 45.7 Å². The quantitative estimate of drug-likeness (QED) is 0.696. The first kappa shape index (κ1) is 19.0. The molecule has 4 nitrogen and oxygen atoms in total. The van der Waals surface area contributed by atoms with Crippen LogP contribution in [0.5, 0.6) is 5.75 Å². The average molecular weight is 376 g/mol. The van der Waals surface area contributed by atoms with E-state index in [1.54, 1.807) is 11.3 Å². The van der Waals surface area contributed by atoms with Crippen LogP contribution in [0.2, 0.25) is 0 Å². The van der Waals surface area contributed by atoms with E-state index in [0.717, 1.165) is 36.6 Å². The van der Waals surface area contributed by atoms with E-state index in [2.05, 4.69) is 24.1 Å². The van der Waals surface area contributed by atoms with Crippen molar-refractivity contribution in [1.82, 2.24) is 9.88 Å². The van der Waals surface area contributed by atoms with Crippen LogP contribution in [0.3, 0.4) is 0 Å². The van der Waals surface area contributed by atoms with Crippen LogP contribution in [-0.2, 0) is 6.54 Å². The summed E-state index contributed by atoms with van der Waals surface area (Å²) in [4.78, 5) is 19.9. The van der Waals surface area contributed by atoms with Crippen molar-refractivity contribution in [2.45, 2.75) is 39.2 Å². The summed E-state index contributed by atoms with van der Waals surface area (Å²) in [6, 6.07) is 4.12. The van der Waals surface area contributed by atoms with Crippen molar-refractivity contribution in [2.75, 3.05) is 20.2 Å². The Balaban J connectivity index is 1.69. The predicted molar refractivity (Wildman–Crippen MR) is 101 cm³/mol. The summed E-state index contributed by atoms with van der Waals surface area (Å²) in [5.41, 5.74) is 1.47. The molecule has 6 heteroatoms. The number of ether oxygens (including phenoxy) is 1. The number of hydrogen-bond donors (Lipinski definition) is 0. The maximum Gasteiger partial charge on any atom is 0.171 e. The first-order valence-corrected chi connectivity index (χ1v) is 9.90. The predicted octanol–water partition coefficient (Wildman–Crippen LogP) is 4.51. The molecular formula is C20H25FN2O2S. The standard InChI is InChI=1S/C20H25FN2O2S/c1-13(2)17-12-26-19(22-17)11-23-8-4-5-14(10-23)20(24)16-9-15(21)6-7-18(16)25-3/h6-7,9,12-14H,4-5,8,10-11H2,1-3H3/t14-/m0/s1. The molecule has 26 heavy (non-hydrogen) atoms. The summed E-state index contributed by atoms with van der Waals surface area (Å²) in [5, 5.41) is 3.20. The highest BCUT2D eigenvalue weighted by molar-refractivity contribution is 7.09. The minimum Gasteiger partial charge on any atom is -0.496 e. The van der Waals surface area contributed by atoms with Crippen LogP contribution in [0.25, 0.3) is 0 Å². The molecule has 2 aromatic rings. The maximum absolute atomic E-state index is 13.6. The molecule has 1 aromatic heterocycles. The number of piperidine rings is 1. The molecule has 1 aromatic carbocycles. The Hall–Kier alpha value is -1.79. The Morgan fingerprint density at radius 1 is 1.46 bits per heavy atom. The van der Waals surface area contributed by atoms with Crippen LogP contribution in [0.1, 0.15) is 53.7 Å². The number of aromatic nitrogens is 1. The lowest BCUT2D eigenvalue weighted by Crippen LogP contribution is -2.38. The van der Waals surface area contributed by atoms with Gasteiger partial charge in [0.2, 0.25) is 0 Å². The first-order valence-electron chi connectivity index (χ1n) is 9.02. The summed E-state index contributed by atoms with van der Waals surface area (Å²) >= 11 is 1.68. The normalized spacial score (nSPS) is 18.3. The number of benzene rings is 1. The largest absolute Gasteiger partial charge is 0.496 e. The highest BCUT2D eigenvalue weighted by Crippen LogP contribution is 2.28. The number of carbonyl (C=O) groups excluding carboxylic acids is 1. The molecule has 0 aliphatic carbocycles. The molecule has 0 bridgehead atoms. The van der Waals surface area contributed by atoms with Crippen LogP contribution in [0.4, 0.5) is 4.39 Å². The minimum atomic E-state index is -0.411. The number of likely N-dealkylation sites (tertiary alicyclic amines) is 1. The van der Waals surface area contributed by atoms with E-state index in [0.29, 0.717) is 23.8 Å². The van der Waals surface area contributed by atoms with Gasteiger partial charge in [-0.15, -0.1) is 11.3 Å². The topological polar surface area (TPSA) is 42.4 Å². The number of rotatable bonds is 6. The molecule has 1 saturated heterocycles. The van der Waals surface area contributed by atoms with Gasteiger partial charge in [-0.2, -0.15) is 0 Å². The van der Waals surface area contributed by atoms with Gasteiger partial charge in [-0.05, 0) is 43.5 Å². The Morgan fingerprint density at radius 2 is 2.27 bits per heavy atom. The van der Waals surface area contributed by atoms with Crippen LogP contribution in [0, 0.1) is 11.7 Å². The van der Waals surface area contributed by atoms with Gasteiger partial charge >= 0.3 is 0 Å². The maximum atomic E-state index is 13.6. The summed E-state index contributed by atoms with van der Waals surface area (Å²) in [6.07, 6.45) is 1.78. The van der Waals surface area contributed by atoms with Gasteiger partial charge in [0.25, 0.3) is 0 Å². The molecule has 3 rings (SSSR count). The fourth-order valence-corrected chi connectivity index (χ4v) is 4.36. The lowest BCUT2D eigenvalue weighted by molar-refractivity contribution is 0.0808. The Morgan fingerprint density at radius 3 is 2.96 bits per heavy atom. The number of nitrogens with zero attached hydrogens (tertiary/aromatic N) is 2. The Bertz CT molecular complexity index is 775. The Kier molecular flexibility index (Phi) is 6.04. The third-order valence-corrected chi connectivity index (χ3v) is 5.68. The Labute approximate surface area is 158 Å². The van der Waals surface area contributed by atoms with Gasteiger partial charge in [0, 0.05) is 17.8 Å². The van der Waals surface area contributed by atoms with Gasteiger partial charge in [0.15, 0.2) is 5.78 Å². The third kappa shape index (κ3) is 4.30. The number of halogens is 1. The molecule has 0 spiro atoms. The molecule has 0 saturated carbocycles. The van der Waals surface area contributed by atoms with E-state index in [9.17, 15) is 9.18 Å². The summed E-state index contributed by atoms with van der Waals surface area (Å²) in [7, 11) is 1.51. The number of carbonyl (C=O) groups is 1. The van der Waals surface area contributed by atoms with E-state index in [1.807, 2.05) is 0 Å². The molecule has 1 aliphatic heterocycles. The van der Waals surface area contributed by atoms with E-state index in [1.165, 1.54) is 25.3 Å². The molecule has 140 valence electrons. The molecule has 0 N–H and O–H groups in total. The second-order valence-electron chi connectivity index (χ2n) is 7.10. The van der Waals surface area contributed by atoms with Crippen molar-refractivity contribution >= 4 is 17.1 Å². The summed E-state index contributed by atoms with van der Waals surface area (Å²) < 4.78 is 18.9. The number of ketones is 1. The monoisotopic (exact) mass is 376 g/mol.